The van der Waals surface area contributed by atoms with Crippen molar-refractivity contribution in [3.05, 3.63) is 75.5 Å². The summed E-state index contributed by atoms with van der Waals surface area (Å²) in [5, 5.41) is 4.43. The minimum Gasteiger partial charge on any atom is -0.472 e. The minimum atomic E-state index is -3.55. The molecule has 4 rings (SSSR count). The topological polar surface area (TPSA) is 92.5 Å². The number of sulfonamides is 1. The Labute approximate surface area is 172 Å². The molecule has 0 saturated heterocycles. The lowest BCUT2D eigenvalue weighted by atomic mass is 10.2. The van der Waals surface area contributed by atoms with Gasteiger partial charge in [-0.1, -0.05) is 29.8 Å². The van der Waals surface area contributed by atoms with E-state index in [-0.39, 0.29) is 12.5 Å². The van der Waals surface area contributed by atoms with Crippen LogP contribution in [0.1, 0.15) is 32.1 Å². The van der Waals surface area contributed by atoms with Crippen molar-refractivity contribution < 1.29 is 17.6 Å². The largest absolute Gasteiger partial charge is 0.472 e. The van der Waals surface area contributed by atoms with E-state index in [0.717, 1.165) is 21.7 Å². The minimum absolute atomic E-state index is 0.245. The molecule has 1 aromatic carbocycles. The lowest BCUT2D eigenvalue weighted by molar-refractivity contribution is 0.102. The summed E-state index contributed by atoms with van der Waals surface area (Å²) in [6, 6.07) is 9.21. The second-order valence-corrected chi connectivity index (χ2v) is 9.60. The van der Waals surface area contributed by atoms with Gasteiger partial charge in [0.2, 0.25) is 10.0 Å². The number of fused-ring (bicyclic) bond motifs is 1. The maximum absolute atomic E-state index is 12.7. The molecule has 0 unspecified atom stereocenters. The average Bonchev–Trinajstić information content (AvgIpc) is 3.36. The first-order valence-corrected chi connectivity index (χ1v) is 11.3. The highest BCUT2D eigenvalue weighted by molar-refractivity contribution is 7.92. The number of hydrogen-bond donors (Lipinski definition) is 1. The quantitative estimate of drug-likeness (QED) is 0.668. The van der Waals surface area contributed by atoms with Crippen LogP contribution < -0.4 is 5.32 Å². The number of anilines is 1. The van der Waals surface area contributed by atoms with Gasteiger partial charge in [-0.25, -0.2) is 13.4 Å². The van der Waals surface area contributed by atoms with Crippen molar-refractivity contribution in [3.63, 3.8) is 0 Å². The molecule has 0 radical (unpaired) electrons. The molecular formula is C20H19N3O4S2. The lowest BCUT2D eigenvalue weighted by Crippen LogP contribution is -2.34. The molecule has 0 spiro atoms. The molecule has 7 nitrogen and oxygen atoms in total. The molecule has 9 heteroatoms. The number of furan rings is 1. The first-order chi connectivity index (χ1) is 13.9. The van der Waals surface area contributed by atoms with E-state index < -0.39 is 10.0 Å². The van der Waals surface area contributed by atoms with Crippen molar-refractivity contribution in [1.82, 2.24) is 9.29 Å². The van der Waals surface area contributed by atoms with Crippen LogP contribution in [0.25, 0.3) is 6.08 Å². The molecule has 1 aliphatic rings. The zero-order chi connectivity index (χ0) is 20.4. The number of rotatable bonds is 5. The van der Waals surface area contributed by atoms with Crippen LogP contribution in [-0.4, -0.2) is 30.2 Å². The summed E-state index contributed by atoms with van der Waals surface area (Å²) in [5.74, 6) is -0.310. The number of aryl methyl sites for hydroxylation is 1. The number of benzene rings is 1. The standard InChI is InChI=1S/C20H19N3O4S2/c1-14-2-4-15(5-3-14)8-11-29(25,26)23-9-6-17-18(12-23)28-20(21-17)22-19(24)16-7-10-27-13-16/h2-5,7-8,10-11,13H,6,9,12H2,1H3,(H,21,22,24)/b11-8+. The van der Waals surface area contributed by atoms with Gasteiger partial charge >= 0.3 is 0 Å². The number of carbonyl (C=O) groups excluding carboxylic acids is 1. The van der Waals surface area contributed by atoms with E-state index in [4.69, 9.17) is 4.42 Å². The van der Waals surface area contributed by atoms with Crippen LogP contribution in [0, 0.1) is 6.92 Å². The van der Waals surface area contributed by atoms with E-state index in [0.29, 0.717) is 23.7 Å². The van der Waals surface area contributed by atoms with Crippen LogP contribution in [0.15, 0.2) is 52.7 Å². The molecule has 1 aliphatic heterocycles. The van der Waals surface area contributed by atoms with Crippen molar-refractivity contribution in [2.24, 2.45) is 0 Å². The number of aromatic nitrogens is 1. The van der Waals surface area contributed by atoms with Gasteiger partial charge in [-0.2, -0.15) is 4.31 Å². The fourth-order valence-electron chi connectivity index (χ4n) is 2.93. The van der Waals surface area contributed by atoms with E-state index >= 15 is 0 Å². The summed E-state index contributed by atoms with van der Waals surface area (Å²) < 4.78 is 31.8. The van der Waals surface area contributed by atoms with Gasteiger partial charge in [0, 0.05) is 23.3 Å². The van der Waals surface area contributed by atoms with Crippen molar-refractivity contribution in [3.8, 4) is 0 Å². The normalized spacial score (nSPS) is 14.8. The first-order valence-electron chi connectivity index (χ1n) is 8.98. The highest BCUT2D eigenvalue weighted by atomic mass is 32.2. The molecule has 3 heterocycles. The third kappa shape index (κ3) is 4.47. The number of nitrogens with one attached hydrogen (secondary N) is 1. The summed E-state index contributed by atoms with van der Waals surface area (Å²) in [4.78, 5) is 17.4. The van der Waals surface area contributed by atoms with Gasteiger partial charge in [-0.15, -0.1) is 11.3 Å². The number of thiazole rings is 1. The SMILES string of the molecule is Cc1ccc(/C=C/S(=O)(=O)N2CCc3nc(NC(=O)c4ccoc4)sc3C2)cc1. The summed E-state index contributed by atoms with van der Waals surface area (Å²) >= 11 is 1.29. The second kappa shape index (κ2) is 7.94. The molecule has 29 heavy (non-hydrogen) atoms. The Bertz CT molecular complexity index is 1150. The average molecular weight is 430 g/mol. The highest BCUT2D eigenvalue weighted by Crippen LogP contribution is 2.30. The molecule has 0 atom stereocenters. The maximum Gasteiger partial charge on any atom is 0.260 e. The Kier molecular flexibility index (Phi) is 5.35. The number of amides is 1. The Hall–Kier alpha value is -2.75. The monoisotopic (exact) mass is 429 g/mol. The number of nitrogens with zero attached hydrogens (tertiary/aromatic N) is 2. The summed E-state index contributed by atoms with van der Waals surface area (Å²) in [7, 11) is -3.55. The second-order valence-electron chi connectivity index (χ2n) is 6.70. The fraction of sp³-hybridized carbons (Fsp3) is 0.200. The van der Waals surface area contributed by atoms with Gasteiger partial charge in [-0.3, -0.25) is 10.1 Å². The van der Waals surface area contributed by atoms with Gasteiger partial charge in [-0.05, 0) is 24.6 Å². The number of hydrogen-bond acceptors (Lipinski definition) is 6. The molecule has 0 fully saturated rings. The predicted octanol–water partition coefficient (Wildman–Crippen LogP) is 3.66. The third-order valence-corrected chi connectivity index (χ3v) is 7.08. The summed E-state index contributed by atoms with van der Waals surface area (Å²) in [5.41, 5.74) is 3.18. The molecule has 3 aromatic rings. The van der Waals surface area contributed by atoms with Gasteiger partial charge < -0.3 is 4.42 Å². The zero-order valence-corrected chi connectivity index (χ0v) is 17.3. The van der Waals surface area contributed by atoms with Crippen molar-refractivity contribution in [1.29, 1.82) is 0 Å². The summed E-state index contributed by atoms with van der Waals surface area (Å²) in [6.07, 6.45) is 4.89. The molecule has 0 aliphatic carbocycles. The molecule has 150 valence electrons. The third-order valence-electron chi connectivity index (χ3n) is 4.57. The van der Waals surface area contributed by atoms with Gasteiger partial charge in [0.05, 0.1) is 24.1 Å². The Morgan fingerprint density at radius 2 is 2.07 bits per heavy atom. The smallest absolute Gasteiger partial charge is 0.260 e. The molecule has 1 amide bonds. The van der Waals surface area contributed by atoms with Crippen molar-refractivity contribution >= 4 is 38.5 Å². The van der Waals surface area contributed by atoms with E-state index in [1.165, 1.54) is 33.6 Å². The van der Waals surface area contributed by atoms with Crippen molar-refractivity contribution in [2.45, 2.75) is 19.9 Å². The van der Waals surface area contributed by atoms with Crippen molar-refractivity contribution in [2.75, 3.05) is 11.9 Å². The van der Waals surface area contributed by atoms with E-state index in [9.17, 15) is 13.2 Å². The number of carbonyl (C=O) groups is 1. The molecular weight excluding hydrogens is 410 g/mol. The predicted molar refractivity (Wildman–Crippen MR) is 112 cm³/mol. The van der Waals surface area contributed by atoms with Gasteiger partial charge in [0.25, 0.3) is 5.91 Å². The molecule has 0 saturated carbocycles. The Morgan fingerprint density at radius 1 is 1.28 bits per heavy atom. The van der Waals surface area contributed by atoms with Crippen LogP contribution in [0.2, 0.25) is 0 Å². The Balaban J connectivity index is 1.45. The molecule has 0 bridgehead atoms. The van der Waals surface area contributed by atoms with Crippen LogP contribution in [-0.2, 0) is 23.0 Å². The summed E-state index contributed by atoms with van der Waals surface area (Å²) in [6.45, 7) is 2.58. The van der Waals surface area contributed by atoms with E-state index in [1.807, 2.05) is 31.2 Å². The zero-order valence-electron chi connectivity index (χ0n) is 15.7. The van der Waals surface area contributed by atoms with Crippen LogP contribution in [0.4, 0.5) is 5.13 Å². The van der Waals surface area contributed by atoms with Gasteiger partial charge in [0.1, 0.15) is 6.26 Å². The van der Waals surface area contributed by atoms with E-state index in [2.05, 4.69) is 10.3 Å². The maximum atomic E-state index is 12.7. The van der Waals surface area contributed by atoms with Crippen LogP contribution >= 0.6 is 11.3 Å². The molecule has 1 N–H and O–H groups in total. The Morgan fingerprint density at radius 3 is 2.79 bits per heavy atom. The van der Waals surface area contributed by atoms with Gasteiger partial charge in [0.15, 0.2) is 5.13 Å². The van der Waals surface area contributed by atoms with E-state index in [1.54, 1.807) is 12.1 Å². The van der Waals surface area contributed by atoms with Crippen LogP contribution in [0.3, 0.4) is 0 Å². The van der Waals surface area contributed by atoms with Crippen LogP contribution in [0.5, 0.6) is 0 Å². The highest BCUT2D eigenvalue weighted by Gasteiger charge is 2.28. The first kappa shape index (κ1) is 19.6. The fourth-order valence-corrected chi connectivity index (χ4v) is 5.19. The lowest BCUT2D eigenvalue weighted by Gasteiger charge is -2.23. The molecule has 2 aromatic heterocycles.